The van der Waals surface area contributed by atoms with Gasteiger partial charge in [0.1, 0.15) is 17.5 Å². The zero-order valence-electron chi connectivity index (χ0n) is 12.7. The maximum Gasteiger partial charge on any atom is 0.136 e. The summed E-state index contributed by atoms with van der Waals surface area (Å²) in [5.74, 6) is 2.85. The zero-order valence-corrected chi connectivity index (χ0v) is 14.8. The molecule has 0 aliphatic heterocycles. The fourth-order valence-corrected chi connectivity index (χ4v) is 2.39. The number of nitrogens with one attached hydrogen (secondary N) is 2. The van der Waals surface area contributed by atoms with Crippen LogP contribution in [0.2, 0.25) is 0 Å². The highest BCUT2D eigenvalue weighted by Gasteiger charge is 2.08. The number of benzene rings is 1. The number of aromatic nitrogens is 2. The van der Waals surface area contributed by atoms with Gasteiger partial charge in [0.05, 0.1) is 0 Å². The smallest absolute Gasteiger partial charge is 0.136 e. The van der Waals surface area contributed by atoms with Gasteiger partial charge in [-0.2, -0.15) is 0 Å². The van der Waals surface area contributed by atoms with Crippen molar-refractivity contribution in [3.63, 3.8) is 0 Å². The van der Waals surface area contributed by atoms with Crippen LogP contribution >= 0.6 is 22.6 Å². The van der Waals surface area contributed by atoms with Crippen molar-refractivity contribution >= 4 is 39.9 Å². The molecule has 21 heavy (non-hydrogen) atoms. The summed E-state index contributed by atoms with van der Waals surface area (Å²) in [7, 11) is 0. The van der Waals surface area contributed by atoms with Crippen LogP contribution < -0.4 is 10.6 Å². The third kappa shape index (κ3) is 4.84. The van der Waals surface area contributed by atoms with Crippen molar-refractivity contribution in [3.05, 3.63) is 39.7 Å². The second-order valence-electron chi connectivity index (χ2n) is 5.21. The Balaban J connectivity index is 2.26. The highest BCUT2D eigenvalue weighted by atomic mass is 127. The Labute approximate surface area is 139 Å². The van der Waals surface area contributed by atoms with Gasteiger partial charge < -0.3 is 10.6 Å². The van der Waals surface area contributed by atoms with Crippen molar-refractivity contribution in [2.45, 2.75) is 33.1 Å². The summed E-state index contributed by atoms with van der Waals surface area (Å²) in [6, 6.07) is 10.2. The molecule has 5 heteroatoms. The van der Waals surface area contributed by atoms with Gasteiger partial charge in [-0.15, -0.1) is 0 Å². The van der Waals surface area contributed by atoms with Crippen molar-refractivity contribution in [1.82, 2.24) is 9.97 Å². The van der Waals surface area contributed by atoms with Crippen molar-refractivity contribution in [3.8, 4) is 0 Å². The molecule has 0 atom stereocenters. The number of anilines is 3. The lowest BCUT2D eigenvalue weighted by Crippen LogP contribution is -2.08. The predicted molar refractivity (Wildman–Crippen MR) is 97.3 cm³/mol. The number of rotatable bonds is 6. The minimum Gasteiger partial charge on any atom is -0.370 e. The molecule has 0 fully saturated rings. The fourth-order valence-electron chi connectivity index (χ4n) is 1.85. The van der Waals surface area contributed by atoms with Gasteiger partial charge in [0, 0.05) is 27.8 Å². The second-order valence-corrected chi connectivity index (χ2v) is 6.46. The van der Waals surface area contributed by atoms with Gasteiger partial charge in [-0.3, -0.25) is 0 Å². The van der Waals surface area contributed by atoms with E-state index in [4.69, 9.17) is 0 Å². The maximum atomic E-state index is 4.60. The van der Waals surface area contributed by atoms with Crippen LogP contribution in [-0.2, 0) is 0 Å². The Kier molecular flexibility index (Phi) is 5.78. The number of hydrogen-bond donors (Lipinski definition) is 2. The lowest BCUT2D eigenvalue weighted by atomic mass is 10.2. The third-order valence-electron chi connectivity index (χ3n) is 2.91. The number of halogens is 1. The largest absolute Gasteiger partial charge is 0.370 e. The van der Waals surface area contributed by atoms with E-state index in [1.807, 2.05) is 18.2 Å². The molecule has 0 bridgehead atoms. The summed E-state index contributed by atoms with van der Waals surface area (Å²) in [6.45, 7) is 7.27. The van der Waals surface area contributed by atoms with Crippen molar-refractivity contribution in [1.29, 1.82) is 0 Å². The SMILES string of the molecule is CCCNc1cc(Nc2cccc(I)c2)nc(C(C)C)n1. The van der Waals surface area contributed by atoms with Gasteiger partial charge in [0.2, 0.25) is 0 Å². The van der Waals surface area contributed by atoms with E-state index < -0.39 is 0 Å². The van der Waals surface area contributed by atoms with Crippen LogP contribution in [0.1, 0.15) is 38.9 Å². The number of nitrogens with zero attached hydrogens (tertiary/aromatic N) is 2. The molecule has 0 spiro atoms. The van der Waals surface area contributed by atoms with Crippen molar-refractivity contribution in [2.24, 2.45) is 0 Å². The molecule has 0 saturated heterocycles. The molecular weight excluding hydrogens is 375 g/mol. The van der Waals surface area contributed by atoms with Crippen LogP contribution in [0, 0.1) is 3.57 Å². The van der Waals surface area contributed by atoms with E-state index in [0.717, 1.165) is 36.1 Å². The minimum absolute atomic E-state index is 0.296. The summed E-state index contributed by atoms with van der Waals surface area (Å²) < 4.78 is 1.19. The molecule has 0 unspecified atom stereocenters. The standard InChI is InChI=1S/C16H21IN4/c1-4-8-18-14-10-15(21-16(20-14)11(2)3)19-13-7-5-6-12(17)9-13/h5-7,9-11H,4,8H2,1-3H3,(H2,18,19,20,21). The lowest BCUT2D eigenvalue weighted by molar-refractivity contribution is 0.775. The van der Waals surface area contributed by atoms with Crippen LogP contribution in [0.5, 0.6) is 0 Å². The van der Waals surface area contributed by atoms with Crippen LogP contribution in [-0.4, -0.2) is 16.5 Å². The molecule has 0 saturated carbocycles. The normalized spacial score (nSPS) is 10.7. The molecule has 2 aromatic rings. The fraction of sp³-hybridized carbons (Fsp3) is 0.375. The average molecular weight is 396 g/mol. The lowest BCUT2D eigenvalue weighted by Gasteiger charge is -2.12. The van der Waals surface area contributed by atoms with Gasteiger partial charge in [-0.05, 0) is 47.2 Å². The Morgan fingerprint density at radius 1 is 1.14 bits per heavy atom. The summed E-state index contributed by atoms with van der Waals surface area (Å²) in [4.78, 5) is 9.17. The molecule has 1 heterocycles. The molecular formula is C16H21IN4. The van der Waals surface area contributed by atoms with Crippen LogP contribution in [0.15, 0.2) is 30.3 Å². The van der Waals surface area contributed by atoms with E-state index >= 15 is 0 Å². The molecule has 1 aromatic heterocycles. The minimum atomic E-state index is 0.296. The van der Waals surface area contributed by atoms with Crippen molar-refractivity contribution in [2.75, 3.05) is 17.2 Å². The first-order chi connectivity index (χ1) is 10.1. The summed E-state index contributed by atoms with van der Waals surface area (Å²) in [6.07, 6.45) is 1.07. The van der Waals surface area contributed by atoms with Gasteiger partial charge >= 0.3 is 0 Å². The Hall–Kier alpha value is -1.37. The molecule has 2 rings (SSSR count). The summed E-state index contributed by atoms with van der Waals surface area (Å²) in [5.41, 5.74) is 1.04. The topological polar surface area (TPSA) is 49.8 Å². The van der Waals surface area contributed by atoms with Gasteiger partial charge in [0.15, 0.2) is 0 Å². The van der Waals surface area contributed by atoms with E-state index in [1.54, 1.807) is 0 Å². The zero-order chi connectivity index (χ0) is 15.2. The van der Waals surface area contributed by atoms with Gasteiger partial charge in [0.25, 0.3) is 0 Å². The summed E-state index contributed by atoms with van der Waals surface area (Å²) >= 11 is 2.31. The molecule has 1 aromatic carbocycles. The van der Waals surface area contributed by atoms with E-state index in [9.17, 15) is 0 Å². The molecule has 4 nitrogen and oxygen atoms in total. The van der Waals surface area contributed by atoms with Gasteiger partial charge in [-0.1, -0.05) is 26.8 Å². The maximum absolute atomic E-state index is 4.60. The first kappa shape index (κ1) is 16.0. The monoisotopic (exact) mass is 396 g/mol. The van der Waals surface area contributed by atoms with E-state index in [2.05, 4.69) is 76.1 Å². The Bertz CT molecular complexity index is 599. The molecule has 0 amide bonds. The molecule has 0 radical (unpaired) electrons. The quantitative estimate of drug-likeness (QED) is 0.691. The average Bonchev–Trinajstić information content (AvgIpc) is 2.45. The van der Waals surface area contributed by atoms with Crippen LogP contribution in [0.25, 0.3) is 0 Å². The van der Waals surface area contributed by atoms with Crippen LogP contribution in [0.4, 0.5) is 17.3 Å². The van der Waals surface area contributed by atoms with Crippen molar-refractivity contribution < 1.29 is 0 Å². The Morgan fingerprint density at radius 3 is 2.57 bits per heavy atom. The predicted octanol–water partition coefficient (Wildman–Crippen LogP) is 4.77. The van der Waals surface area contributed by atoms with E-state index in [-0.39, 0.29) is 0 Å². The number of hydrogen-bond acceptors (Lipinski definition) is 4. The van der Waals surface area contributed by atoms with E-state index in [1.165, 1.54) is 3.57 Å². The van der Waals surface area contributed by atoms with E-state index in [0.29, 0.717) is 5.92 Å². The highest BCUT2D eigenvalue weighted by molar-refractivity contribution is 14.1. The van der Waals surface area contributed by atoms with Crippen LogP contribution in [0.3, 0.4) is 0 Å². The Morgan fingerprint density at radius 2 is 1.90 bits per heavy atom. The van der Waals surface area contributed by atoms with Gasteiger partial charge in [-0.25, -0.2) is 9.97 Å². The molecule has 112 valence electrons. The second kappa shape index (κ2) is 7.59. The first-order valence-corrected chi connectivity index (χ1v) is 8.31. The highest BCUT2D eigenvalue weighted by Crippen LogP contribution is 2.21. The molecule has 2 N–H and O–H groups in total. The summed E-state index contributed by atoms with van der Waals surface area (Å²) in [5, 5.41) is 6.70. The molecule has 0 aliphatic rings. The molecule has 0 aliphatic carbocycles. The third-order valence-corrected chi connectivity index (χ3v) is 3.58. The first-order valence-electron chi connectivity index (χ1n) is 7.24.